The van der Waals surface area contributed by atoms with Crippen LogP contribution >= 0.6 is 23.2 Å². The highest BCUT2D eigenvalue weighted by atomic mass is 35.5. The third kappa shape index (κ3) is 6.42. The molecule has 0 nitrogen and oxygen atoms in total. The first-order valence-corrected chi connectivity index (χ1v) is 15.6. The summed E-state index contributed by atoms with van der Waals surface area (Å²) >= 11 is 14.6. The molecule has 0 aliphatic heterocycles. The van der Waals surface area contributed by atoms with Crippen molar-refractivity contribution >= 4 is 23.2 Å². The van der Waals surface area contributed by atoms with E-state index < -0.39 is 4.33 Å². The average molecular weight is 486 g/mol. The van der Waals surface area contributed by atoms with E-state index in [0.29, 0.717) is 0 Å². The van der Waals surface area contributed by atoms with E-state index in [0.717, 1.165) is 11.8 Å². The molecule has 3 saturated carbocycles. The summed E-state index contributed by atoms with van der Waals surface area (Å²) in [5, 5.41) is 0. The summed E-state index contributed by atoms with van der Waals surface area (Å²) in [6, 6.07) is 0. The van der Waals surface area contributed by atoms with Crippen LogP contribution < -0.4 is 0 Å². The van der Waals surface area contributed by atoms with E-state index in [1.807, 2.05) is 0 Å². The summed E-state index contributed by atoms with van der Waals surface area (Å²) in [4.78, 5) is 0. The quantitative estimate of drug-likeness (QED) is 0.169. The van der Waals surface area contributed by atoms with Crippen LogP contribution in [0, 0.1) is 22.7 Å². The van der Waals surface area contributed by atoms with Gasteiger partial charge >= 0.3 is 0 Å². The van der Waals surface area contributed by atoms with Crippen LogP contribution in [0.5, 0.6) is 0 Å². The normalized spacial score (nSPS) is 34.1. The zero-order valence-electron chi connectivity index (χ0n) is 21.7. The number of hydrogen-bond acceptors (Lipinski definition) is 0. The molecule has 0 atom stereocenters. The van der Waals surface area contributed by atoms with Crippen molar-refractivity contribution in [2.75, 3.05) is 0 Å². The Balaban J connectivity index is 1.33. The first kappa shape index (κ1) is 27.2. The van der Waals surface area contributed by atoms with Crippen LogP contribution in [0.3, 0.4) is 0 Å². The maximum atomic E-state index is 7.29. The monoisotopic (exact) mass is 484 g/mol. The predicted octanol–water partition coefficient (Wildman–Crippen LogP) is 11.4. The fourth-order valence-corrected chi connectivity index (χ4v) is 8.79. The molecule has 0 saturated heterocycles. The third-order valence-electron chi connectivity index (χ3n) is 10.1. The van der Waals surface area contributed by atoms with Crippen LogP contribution in [0.15, 0.2) is 0 Å². The molecule has 0 amide bonds. The molecular formula is C30H54Cl2. The van der Waals surface area contributed by atoms with Crippen molar-refractivity contribution in [3.05, 3.63) is 0 Å². The van der Waals surface area contributed by atoms with Gasteiger partial charge in [0.2, 0.25) is 0 Å². The summed E-state index contributed by atoms with van der Waals surface area (Å²) in [6.07, 6.45) is 32.0. The van der Waals surface area contributed by atoms with Crippen molar-refractivity contribution in [2.45, 2.75) is 166 Å². The largest absolute Gasteiger partial charge is 0.129 e. The summed E-state index contributed by atoms with van der Waals surface area (Å²) in [5.74, 6) is 1.89. The Morgan fingerprint density at radius 1 is 0.531 bits per heavy atom. The van der Waals surface area contributed by atoms with Crippen LogP contribution in [0.4, 0.5) is 0 Å². The molecular weight excluding hydrogens is 431 g/mol. The molecule has 188 valence electrons. The van der Waals surface area contributed by atoms with Crippen molar-refractivity contribution < 1.29 is 0 Å². The summed E-state index contributed by atoms with van der Waals surface area (Å²) < 4.78 is -0.448. The molecule has 0 aromatic heterocycles. The van der Waals surface area contributed by atoms with Crippen LogP contribution in [-0.2, 0) is 0 Å². The van der Waals surface area contributed by atoms with Gasteiger partial charge in [0, 0.05) is 10.8 Å². The first-order valence-electron chi connectivity index (χ1n) is 14.9. The SMILES string of the molecule is CCCCCCCCC1CC[C@]2(CC1)C[C@@]1(CCC(CCCCCCCC)CC1)C2(Cl)Cl. The molecule has 0 bridgehead atoms. The van der Waals surface area contributed by atoms with Gasteiger partial charge in [-0.15, -0.1) is 23.2 Å². The molecule has 2 heteroatoms. The van der Waals surface area contributed by atoms with Crippen LogP contribution in [0.2, 0.25) is 0 Å². The molecule has 3 aliphatic rings. The Bertz CT molecular complexity index is 465. The molecule has 0 N–H and O–H groups in total. The van der Waals surface area contributed by atoms with Crippen molar-refractivity contribution in [2.24, 2.45) is 22.7 Å². The summed E-state index contributed by atoms with van der Waals surface area (Å²) in [7, 11) is 0. The predicted molar refractivity (Wildman–Crippen MR) is 144 cm³/mol. The van der Waals surface area contributed by atoms with E-state index >= 15 is 0 Å². The molecule has 32 heavy (non-hydrogen) atoms. The van der Waals surface area contributed by atoms with Gasteiger partial charge in [-0.25, -0.2) is 0 Å². The van der Waals surface area contributed by atoms with E-state index in [4.69, 9.17) is 23.2 Å². The van der Waals surface area contributed by atoms with Gasteiger partial charge in [-0.1, -0.05) is 104 Å². The second kappa shape index (κ2) is 13.0. The lowest BCUT2D eigenvalue weighted by Gasteiger charge is -2.69. The highest BCUT2D eigenvalue weighted by Crippen LogP contribution is 2.76. The Kier molecular flexibility index (Phi) is 11.1. The molecule has 2 spiro atoms. The first-order chi connectivity index (χ1) is 15.5. The van der Waals surface area contributed by atoms with E-state index in [2.05, 4.69) is 13.8 Å². The van der Waals surface area contributed by atoms with Crippen LogP contribution in [0.25, 0.3) is 0 Å². The van der Waals surface area contributed by atoms with E-state index in [1.165, 1.54) is 148 Å². The number of alkyl halides is 2. The summed E-state index contributed by atoms with van der Waals surface area (Å²) in [6.45, 7) is 4.61. The Hall–Kier alpha value is 0.580. The second-order valence-corrected chi connectivity index (χ2v) is 13.6. The molecule has 0 aromatic carbocycles. The Morgan fingerprint density at radius 2 is 0.875 bits per heavy atom. The van der Waals surface area contributed by atoms with E-state index in [9.17, 15) is 0 Å². The fraction of sp³-hybridized carbons (Fsp3) is 1.00. The van der Waals surface area contributed by atoms with Crippen LogP contribution in [-0.4, -0.2) is 4.33 Å². The highest BCUT2D eigenvalue weighted by molar-refractivity contribution is 6.50. The molecule has 0 aromatic rings. The minimum absolute atomic E-state index is 0.250. The van der Waals surface area contributed by atoms with Gasteiger partial charge in [-0.05, 0) is 69.6 Å². The number of hydrogen-bond donors (Lipinski definition) is 0. The zero-order valence-corrected chi connectivity index (χ0v) is 23.2. The molecule has 3 aliphatic carbocycles. The molecule has 0 radical (unpaired) electrons. The maximum absolute atomic E-state index is 7.29. The van der Waals surface area contributed by atoms with Crippen molar-refractivity contribution in [3.63, 3.8) is 0 Å². The lowest BCUT2D eigenvalue weighted by Crippen LogP contribution is -2.66. The van der Waals surface area contributed by atoms with Crippen molar-refractivity contribution in [3.8, 4) is 0 Å². The Labute approximate surface area is 211 Å². The molecule has 3 rings (SSSR count). The lowest BCUT2D eigenvalue weighted by atomic mass is 9.43. The van der Waals surface area contributed by atoms with Crippen LogP contribution in [0.1, 0.15) is 162 Å². The topological polar surface area (TPSA) is 0 Å². The zero-order chi connectivity index (χ0) is 22.9. The average Bonchev–Trinajstić information content (AvgIpc) is 2.80. The standard InChI is InChI=1S/C30H54Cl2/c1-3-5-7-9-11-13-15-26-17-21-28(22-18-26)25-29(30(28,31)32)23-19-27(20-24-29)16-14-12-10-8-6-4-2/h26-27H,3-25H2,1-2H3/t26?,27?,28-,29-. The van der Waals surface area contributed by atoms with Gasteiger partial charge in [-0.2, -0.15) is 0 Å². The van der Waals surface area contributed by atoms with Gasteiger partial charge < -0.3 is 0 Å². The second-order valence-electron chi connectivity index (χ2n) is 12.3. The summed E-state index contributed by atoms with van der Waals surface area (Å²) in [5.41, 5.74) is 0.500. The van der Waals surface area contributed by atoms with Crippen molar-refractivity contribution in [1.29, 1.82) is 0 Å². The minimum atomic E-state index is -0.448. The van der Waals surface area contributed by atoms with E-state index in [1.54, 1.807) is 0 Å². The number of rotatable bonds is 14. The Morgan fingerprint density at radius 3 is 1.22 bits per heavy atom. The molecule has 0 heterocycles. The van der Waals surface area contributed by atoms with Gasteiger partial charge in [0.05, 0.1) is 0 Å². The molecule has 3 fully saturated rings. The fourth-order valence-electron chi connectivity index (χ4n) is 7.77. The third-order valence-corrected chi connectivity index (χ3v) is 11.7. The van der Waals surface area contributed by atoms with Gasteiger partial charge in [0.1, 0.15) is 4.33 Å². The van der Waals surface area contributed by atoms with Crippen molar-refractivity contribution in [1.82, 2.24) is 0 Å². The smallest absolute Gasteiger partial charge is 0.100 e. The van der Waals surface area contributed by atoms with Gasteiger partial charge in [0.15, 0.2) is 0 Å². The van der Waals surface area contributed by atoms with E-state index in [-0.39, 0.29) is 10.8 Å². The minimum Gasteiger partial charge on any atom is -0.100 e. The van der Waals surface area contributed by atoms with Gasteiger partial charge in [0.25, 0.3) is 0 Å². The highest BCUT2D eigenvalue weighted by Gasteiger charge is 2.72. The lowest BCUT2D eigenvalue weighted by molar-refractivity contribution is -0.115. The number of unbranched alkanes of at least 4 members (excludes halogenated alkanes) is 10. The molecule has 0 unspecified atom stereocenters. The van der Waals surface area contributed by atoms with Gasteiger partial charge in [-0.3, -0.25) is 0 Å². The maximum Gasteiger partial charge on any atom is 0.129 e. The number of halogens is 2.